The number of nitrogens with zero attached hydrogens (tertiary/aromatic N) is 1. The summed E-state index contributed by atoms with van der Waals surface area (Å²) in [7, 11) is -3.79. The van der Waals surface area contributed by atoms with Crippen molar-refractivity contribution in [3.63, 3.8) is 0 Å². The Morgan fingerprint density at radius 3 is 2.38 bits per heavy atom. The van der Waals surface area contributed by atoms with E-state index in [2.05, 4.69) is 10.0 Å². The van der Waals surface area contributed by atoms with Gasteiger partial charge in [0.1, 0.15) is 0 Å². The van der Waals surface area contributed by atoms with Gasteiger partial charge in [0.2, 0.25) is 0 Å². The van der Waals surface area contributed by atoms with Crippen molar-refractivity contribution in [2.45, 2.75) is 34.6 Å². The highest BCUT2D eigenvalue weighted by atomic mass is 32.2. The summed E-state index contributed by atoms with van der Waals surface area (Å²) in [5, 5.41) is 14.5. The van der Waals surface area contributed by atoms with E-state index in [9.17, 15) is 23.1 Å². The predicted octanol–water partition coefficient (Wildman–Crippen LogP) is 4.06. The van der Waals surface area contributed by atoms with Crippen molar-refractivity contribution in [3.8, 4) is 0 Å². The number of hydrogen-bond acceptors (Lipinski definition) is 6. The minimum atomic E-state index is -3.79. The van der Waals surface area contributed by atoms with Gasteiger partial charge in [0.05, 0.1) is 15.5 Å². The first kappa shape index (κ1) is 23.7. The molecule has 0 spiro atoms. The summed E-state index contributed by atoms with van der Waals surface area (Å²) in [6.07, 6.45) is 0.880. The normalized spacial score (nSPS) is 12.3. The van der Waals surface area contributed by atoms with E-state index in [1.165, 1.54) is 30.3 Å². The Labute approximate surface area is 190 Å². The Kier molecular flexibility index (Phi) is 7.86. The molecule has 0 aromatic heterocycles. The van der Waals surface area contributed by atoms with Gasteiger partial charge in [-0.3, -0.25) is 14.8 Å². The number of sulfonamides is 1. The average molecular weight is 474 g/mol. The molecule has 0 amide bonds. The van der Waals surface area contributed by atoms with Crippen molar-refractivity contribution in [1.29, 1.82) is 0 Å². The third-order valence-corrected chi connectivity index (χ3v) is 7.32. The van der Waals surface area contributed by atoms with E-state index in [4.69, 9.17) is 0 Å². The smallest absolute Gasteiger partial charge is 0.274 e. The first-order chi connectivity index (χ1) is 15.3. The summed E-state index contributed by atoms with van der Waals surface area (Å²) >= 11 is -1.65. The number of nitrogens with one attached hydrogen (secondary N) is 2. The molecular formula is C22H23N3O5S2. The van der Waals surface area contributed by atoms with Crippen LogP contribution in [-0.4, -0.2) is 24.4 Å². The van der Waals surface area contributed by atoms with E-state index in [0.717, 1.165) is 6.42 Å². The molecule has 0 aliphatic carbocycles. The van der Waals surface area contributed by atoms with Crippen molar-refractivity contribution in [3.05, 3.63) is 88.5 Å². The van der Waals surface area contributed by atoms with E-state index >= 15 is 0 Å². The Morgan fingerprint density at radius 1 is 0.969 bits per heavy atom. The van der Waals surface area contributed by atoms with Crippen molar-refractivity contribution in [1.82, 2.24) is 5.32 Å². The summed E-state index contributed by atoms with van der Waals surface area (Å²) in [6, 6.07) is 18.6. The topological polar surface area (TPSA) is 124 Å². The van der Waals surface area contributed by atoms with Gasteiger partial charge < -0.3 is 9.87 Å². The minimum absolute atomic E-state index is 0.0428. The van der Waals surface area contributed by atoms with Gasteiger partial charge in [0.25, 0.3) is 15.7 Å². The molecule has 0 aliphatic rings. The predicted molar refractivity (Wildman–Crippen MR) is 123 cm³/mol. The Morgan fingerprint density at radius 2 is 1.69 bits per heavy atom. The van der Waals surface area contributed by atoms with Crippen LogP contribution in [0.25, 0.3) is 0 Å². The Hall–Kier alpha value is -2.92. The fraction of sp³-hybridized carbons (Fsp3) is 0.182. The number of hydrogen-bond donors (Lipinski definition) is 2. The van der Waals surface area contributed by atoms with Crippen molar-refractivity contribution < 1.29 is 17.9 Å². The first-order valence-corrected chi connectivity index (χ1v) is 12.5. The van der Waals surface area contributed by atoms with Crippen LogP contribution < -0.4 is 10.0 Å². The summed E-state index contributed by atoms with van der Waals surface area (Å²) in [5.41, 5.74) is 0.667. The van der Waals surface area contributed by atoms with Gasteiger partial charge in [0.15, 0.2) is 9.79 Å². The number of nitro groups is 1. The van der Waals surface area contributed by atoms with E-state index < -0.39 is 26.1 Å². The molecule has 0 saturated carbocycles. The molecule has 168 valence electrons. The lowest BCUT2D eigenvalue weighted by atomic mass is 10.2. The molecule has 0 heterocycles. The Bertz CT molecular complexity index is 1190. The molecule has 3 aromatic rings. The Balaban J connectivity index is 1.86. The summed E-state index contributed by atoms with van der Waals surface area (Å²) < 4.78 is 40.8. The fourth-order valence-corrected chi connectivity index (χ4v) is 5.24. The molecule has 1 unspecified atom stereocenters. The molecule has 0 aliphatic heterocycles. The summed E-state index contributed by atoms with van der Waals surface area (Å²) in [4.78, 5) is 11.8. The molecule has 8 nitrogen and oxygen atoms in total. The number of rotatable bonds is 10. The highest BCUT2D eigenvalue weighted by Crippen LogP contribution is 2.28. The highest BCUT2D eigenvalue weighted by molar-refractivity contribution is 7.92. The number of benzene rings is 3. The van der Waals surface area contributed by atoms with Crippen LogP contribution in [-0.2, 0) is 27.7 Å². The first-order valence-electron chi connectivity index (χ1n) is 9.89. The largest absolute Gasteiger partial charge is 0.606 e. The van der Waals surface area contributed by atoms with Crippen molar-refractivity contribution >= 4 is 32.6 Å². The maximum absolute atomic E-state index is 13.1. The highest BCUT2D eigenvalue weighted by Gasteiger charge is 2.22. The maximum atomic E-state index is 13.1. The van der Waals surface area contributed by atoms with Gasteiger partial charge in [0, 0.05) is 47.5 Å². The van der Waals surface area contributed by atoms with Crippen LogP contribution in [0.5, 0.6) is 0 Å². The monoisotopic (exact) mass is 473 g/mol. The van der Waals surface area contributed by atoms with Crippen LogP contribution in [0.1, 0.15) is 18.9 Å². The molecule has 0 fully saturated rings. The van der Waals surface area contributed by atoms with Crippen LogP contribution in [0.15, 0.2) is 87.5 Å². The van der Waals surface area contributed by atoms with Gasteiger partial charge in [-0.1, -0.05) is 31.2 Å². The third-order valence-electron chi connectivity index (χ3n) is 4.56. The van der Waals surface area contributed by atoms with E-state index in [1.54, 1.807) is 42.5 Å². The molecule has 0 saturated heterocycles. The lowest BCUT2D eigenvalue weighted by molar-refractivity contribution is -0.385. The zero-order valence-corrected chi connectivity index (χ0v) is 19.0. The SMILES string of the molecule is CCCNCc1cc([S+]([O-])c2cccc(NS(=O)(=O)c3ccccc3)c2)ccc1[N+](=O)[O-]. The standard InChI is InChI=1S/C22H23N3O5S2/c1-2-13-23-16-17-14-20(11-12-22(17)25(26)27)31(28)19-8-6-7-18(15-19)24-32(29,30)21-9-4-3-5-10-21/h3-12,14-15,23-24H,2,13,16H2,1H3. The van der Waals surface area contributed by atoms with Crippen LogP contribution in [0.4, 0.5) is 11.4 Å². The molecule has 10 heteroatoms. The number of anilines is 1. The summed E-state index contributed by atoms with van der Waals surface area (Å²) in [5.74, 6) is 0. The van der Waals surface area contributed by atoms with Crippen molar-refractivity contribution in [2.24, 2.45) is 0 Å². The zero-order valence-electron chi connectivity index (χ0n) is 17.4. The number of nitro benzene ring substituents is 1. The minimum Gasteiger partial charge on any atom is -0.606 e. The molecule has 3 aromatic carbocycles. The molecule has 32 heavy (non-hydrogen) atoms. The van der Waals surface area contributed by atoms with Crippen LogP contribution in [0.3, 0.4) is 0 Å². The van der Waals surface area contributed by atoms with E-state index in [1.807, 2.05) is 6.92 Å². The van der Waals surface area contributed by atoms with Crippen LogP contribution in [0.2, 0.25) is 0 Å². The lowest BCUT2D eigenvalue weighted by Gasteiger charge is -2.13. The molecule has 3 rings (SSSR count). The van der Waals surface area contributed by atoms with Crippen LogP contribution >= 0.6 is 0 Å². The maximum Gasteiger partial charge on any atom is 0.274 e. The molecule has 0 radical (unpaired) electrons. The summed E-state index contributed by atoms with van der Waals surface area (Å²) in [6.45, 7) is 2.98. The van der Waals surface area contributed by atoms with Crippen LogP contribution in [0, 0.1) is 10.1 Å². The lowest BCUT2D eigenvalue weighted by Crippen LogP contribution is -2.15. The molecular weight excluding hydrogens is 450 g/mol. The molecule has 1 atom stereocenters. The van der Waals surface area contributed by atoms with Gasteiger partial charge in [-0.25, -0.2) is 8.42 Å². The second-order valence-electron chi connectivity index (χ2n) is 6.94. The van der Waals surface area contributed by atoms with Gasteiger partial charge >= 0.3 is 0 Å². The fourth-order valence-electron chi connectivity index (χ4n) is 3.02. The molecule has 0 bridgehead atoms. The van der Waals surface area contributed by atoms with Gasteiger partial charge in [-0.05, 0) is 37.2 Å². The zero-order chi connectivity index (χ0) is 23.1. The second-order valence-corrected chi connectivity index (χ2v) is 10.1. The second kappa shape index (κ2) is 10.6. The van der Waals surface area contributed by atoms with Gasteiger partial charge in [-0.15, -0.1) is 0 Å². The van der Waals surface area contributed by atoms with Gasteiger partial charge in [-0.2, -0.15) is 0 Å². The molecule has 2 N–H and O–H groups in total. The quantitative estimate of drug-likeness (QED) is 0.198. The third kappa shape index (κ3) is 5.86. The van der Waals surface area contributed by atoms with E-state index in [-0.39, 0.29) is 22.8 Å². The van der Waals surface area contributed by atoms with E-state index in [0.29, 0.717) is 21.9 Å². The average Bonchev–Trinajstić information content (AvgIpc) is 2.79. The van der Waals surface area contributed by atoms with Crippen molar-refractivity contribution in [2.75, 3.05) is 11.3 Å².